The third kappa shape index (κ3) is 2.80. The van der Waals surface area contributed by atoms with Crippen molar-refractivity contribution < 1.29 is 5.11 Å². The number of aromatic nitrogens is 2. The van der Waals surface area contributed by atoms with Crippen molar-refractivity contribution in [1.82, 2.24) is 9.55 Å². The summed E-state index contributed by atoms with van der Waals surface area (Å²) in [5.41, 5.74) is 1.29. The third-order valence-electron chi connectivity index (χ3n) is 3.13. The predicted molar refractivity (Wildman–Crippen MR) is 85.9 cm³/mol. The number of rotatable bonds is 2. The fraction of sp³-hybridized carbons (Fsp3) is 0.0667. The van der Waals surface area contributed by atoms with E-state index in [2.05, 4.69) is 20.9 Å². The lowest BCUT2D eigenvalue weighted by molar-refractivity contribution is 0.473. The number of hydrogen-bond donors (Lipinski definition) is 1. The molecule has 0 bridgehead atoms. The van der Waals surface area contributed by atoms with E-state index in [0.29, 0.717) is 26.9 Å². The summed E-state index contributed by atoms with van der Waals surface area (Å²) in [5, 5.41) is 10.5. The van der Waals surface area contributed by atoms with Gasteiger partial charge in [-0.1, -0.05) is 23.7 Å². The zero-order valence-corrected chi connectivity index (χ0v) is 13.1. The van der Waals surface area contributed by atoms with E-state index >= 15 is 0 Å². The van der Waals surface area contributed by atoms with Crippen LogP contribution in [-0.4, -0.2) is 14.7 Å². The summed E-state index contributed by atoms with van der Waals surface area (Å²) in [5.74, 6) is -0.0317. The van der Waals surface area contributed by atoms with E-state index in [-0.39, 0.29) is 11.3 Å². The second-order valence-electron chi connectivity index (χ2n) is 4.63. The quantitative estimate of drug-likeness (QED) is 0.755. The molecule has 1 N–H and O–H groups in total. The summed E-state index contributed by atoms with van der Waals surface area (Å²) in [6.07, 6.45) is 3.01. The Balaban J connectivity index is 2.13. The van der Waals surface area contributed by atoms with Crippen LogP contribution in [0.1, 0.15) is 5.56 Å². The Bertz CT molecular complexity index is 875. The lowest BCUT2D eigenvalue weighted by Crippen LogP contribution is -2.20. The van der Waals surface area contributed by atoms with E-state index in [0.717, 1.165) is 5.56 Å². The number of nitrogens with zero attached hydrogens (tertiary/aromatic N) is 2. The van der Waals surface area contributed by atoms with E-state index in [4.69, 9.17) is 11.6 Å². The highest BCUT2D eigenvalue weighted by Crippen LogP contribution is 2.22. The highest BCUT2D eigenvalue weighted by molar-refractivity contribution is 9.10. The molecule has 0 amide bonds. The second kappa shape index (κ2) is 5.50. The van der Waals surface area contributed by atoms with E-state index < -0.39 is 0 Å². The van der Waals surface area contributed by atoms with Crippen molar-refractivity contribution in [2.45, 2.75) is 6.54 Å². The van der Waals surface area contributed by atoms with Crippen LogP contribution in [0, 0.1) is 0 Å². The van der Waals surface area contributed by atoms with Crippen LogP contribution in [0.3, 0.4) is 0 Å². The minimum Gasteiger partial charge on any atom is -0.506 e. The van der Waals surface area contributed by atoms with Gasteiger partial charge >= 0.3 is 0 Å². The number of fused-ring (bicyclic) bond motifs is 1. The summed E-state index contributed by atoms with van der Waals surface area (Å²) in [6, 6.07) is 8.73. The van der Waals surface area contributed by atoms with Crippen molar-refractivity contribution in [3.63, 3.8) is 0 Å². The Labute approximate surface area is 133 Å². The molecule has 0 aliphatic carbocycles. The van der Waals surface area contributed by atoms with Crippen LogP contribution in [-0.2, 0) is 6.54 Å². The molecule has 2 heterocycles. The molecule has 0 aliphatic rings. The smallest absolute Gasteiger partial charge is 0.260 e. The Hall–Kier alpha value is -1.85. The van der Waals surface area contributed by atoms with Crippen molar-refractivity contribution in [2.75, 3.05) is 0 Å². The minimum atomic E-state index is -0.202. The molecule has 0 saturated heterocycles. The summed E-state index contributed by atoms with van der Waals surface area (Å²) in [7, 11) is 0. The molecule has 106 valence electrons. The number of aromatic hydroxyl groups is 1. The molecule has 6 heteroatoms. The normalized spacial score (nSPS) is 11.0. The molecule has 0 saturated carbocycles. The van der Waals surface area contributed by atoms with Gasteiger partial charge in [-0.25, -0.2) is 0 Å². The topological polar surface area (TPSA) is 55.1 Å². The number of hydrogen-bond acceptors (Lipinski definition) is 3. The maximum Gasteiger partial charge on any atom is 0.260 e. The molecule has 0 aliphatic heterocycles. The molecule has 0 unspecified atom stereocenters. The Kier molecular flexibility index (Phi) is 3.69. The van der Waals surface area contributed by atoms with Crippen molar-refractivity contribution in [3.05, 3.63) is 68.1 Å². The predicted octanol–water partition coefficient (Wildman–Crippen LogP) is 3.57. The maximum absolute atomic E-state index is 12.5. The molecule has 2 aromatic heterocycles. The van der Waals surface area contributed by atoms with Crippen molar-refractivity contribution >= 4 is 38.4 Å². The Morgan fingerprint density at radius 3 is 2.71 bits per heavy atom. The number of benzene rings is 1. The highest BCUT2D eigenvalue weighted by Gasteiger charge is 2.09. The standard InChI is InChI=1S/C15H10BrClN2O2/c16-13-8-19(7-9-1-3-10(17)4-2-9)15(21)12-5-11(20)6-18-14(12)13/h1-6,8,20H,7H2. The molecule has 3 aromatic rings. The van der Waals surface area contributed by atoms with Gasteiger partial charge in [0.15, 0.2) is 0 Å². The summed E-state index contributed by atoms with van der Waals surface area (Å²) >= 11 is 9.26. The minimum absolute atomic E-state index is 0.0317. The van der Waals surface area contributed by atoms with Crippen LogP contribution < -0.4 is 5.56 Å². The van der Waals surface area contributed by atoms with Gasteiger partial charge in [-0.05, 0) is 39.7 Å². The molecular weight excluding hydrogens is 356 g/mol. The van der Waals surface area contributed by atoms with Crippen LogP contribution >= 0.6 is 27.5 Å². The van der Waals surface area contributed by atoms with Crippen LogP contribution in [0.4, 0.5) is 0 Å². The molecule has 21 heavy (non-hydrogen) atoms. The van der Waals surface area contributed by atoms with Gasteiger partial charge in [-0.2, -0.15) is 0 Å². The fourth-order valence-corrected chi connectivity index (χ4v) is 2.81. The molecule has 0 atom stereocenters. The molecule has 0 fully saturated rings. The zero-order chi connectivity index (χ0) is 15.0. The lowest BCUT2D eigenvalue weighted by Gasteiger charge is -2.09. The monoisotopic (exact) mass is 364 g/mol. The molecular formula is C15H10BrClN2O2. The Morgan fingerprint density at radius 1 is 1.29 bits per heavy atom. The summed E-state index contributed by atoms with van der Waals surface area (Å²) in [4.78, 5) is 16.5. The van der Waals surface area contributed by atoms with E-state index in [1.807, 2.05) is 12.1 Å². The van der Waals surface area contributed by atoms with Gasteiger partial charge in [0, 0.05) is 11.2 Å². The highest BCUT2D eigenvalue weighted by atomic mass is 79.9. The van der Waals surface area contributed by atoms with E-state index in [9.17, 15) is 9.90 Å². The SMILES string of the molecule is O=c1c2cc(O)cnc2c(Br)cn1Cc1ccc(Cl)cc1. The largest absolute Gasteiger partial charge is 0.506 e. The van der Waals surface area contributed by atoms with Gasteiger partial charge in [0.2, 0.25) is 0 Å². The zero-order valence-electron chi connectivity index (χ0n) is 10.8. The lowest BCUT2D eigenvalue weighted by atomic mass is 10.2. The first-order valence-corrected chi connectivity index (χ1v) is 7.34. The summed E-state index contributed by atoms with van der Waals surface area (Å²) < 4.78 is 2.27. The third-order valence-corrected chi connectivity index (χ3v) is 3.96. The van der Waals surface area contributed by atoms with Crippen molar-refractivity contribution in [2.24, 2.45) is 0 Å². The number of pyridine rings is 2. The molecule has 4 nitrogen and oxygen atoms in total. The Morgan fingerprint density at radius 2 is 2.00 bits per heavy atom. The average molecular weight is 366 g/mol. The second-order valence-corrected chi connectivity index (χ2v) is 5.92. The van der Waals surface area contributed by atoms with Crippen molar-refractivity contribution in [1.29, 1.82) is 0 Å². The van der Waals surface area contributed by atoms with Gasteiger partial charge in [0.25, 0.3) is 5.56 Å². The van der Waals surface area contributed by atoms with Crippen LogP contribution in [0.2, 0.25) is 5.02 Å². The number of halogens is 2. The van der Waals surface area contributed by atoms with Crippen LogP contribution in [0.5, 0.6) is 5.75 Å². The molecule has 1 aromatic carbocycles. The average Bonchev–Trinajstić information content (AvgIpc) is 2.46. The van der Waals surface area contributed by atoms with Gasteiger partial charge in [-0.3, -0.25) is 9.78 Å². The molecule has 3 rings (SSSR count). The van der Waals surface area contributed by atoms with Gasteiger partial charge < -0.3 is 9.67 Å². The fourth-order valence-electron chi connectivity index (χ4n) is 2.12. The first kappa shape index (κ1) is 14.1. The van der Waals surface area contributed by atoms with Gasteiger partial charge in [0.1, 0.15) is 5.75 Å². The summed E-state index contributed by atoms with van der Waals surface area (Å²) in [6.45, 7) is 0.417. The maximum atomic E-state index is 12.5. The molecule has 0 spiro atoms. The first-order valence-electron chi connectivity index (χ1n) is 6.17. The van der Waals surface area contributed by atoms with Crippen molar-refractivity contribution in [3.8, 4) is 5.75 Å². The first-order chi connectivity index (χ1) is 10.0. The van der Waals surface area contributed by atoms with Gasteiger partial charge in [-0.15, -0.1) is 0 Å². The van der Waals surface area contributed by atoms with Crippen LogP contribution in [0.15, 0.2) is 52.0 Å². The van der Waals surface area contributed by atoms with E-state index in [1.165, 1.54) is 12.3 Å². The van der Waals surface area contributed by atoms with Gasteiger partial charge in [0.05, 0.1) is 28.1 Å². The van der Waals surface area contributed by atoms with E-state index in [1.54, 1.807) is 22.9 Å². The molecule has 0 radical (unpaired) electrons. The van der Waals surface area contributed by atoms with Crippen LogP contribution in [0.25, 0.3) is 10.9 Å².